The normalized spacial score (nSPS) is 27.0. The molecule has 1 rings (SSSR count). The zero-order valence-electron chi connectivity index (χ0n) is 11.9. The van der Waals surface area contributed by atoms with Gasteiger partial charge in [-0.1, -0.05) is 20.3 Å². The molecule has 0 bridgehead atoms. The molecule has 0 saturated heterocycles. The summed E-state index contributed by atoms with van der Waals surface area (Å²) in [5, 5.41) is 8.45. The Morgan fingerprint density at radius 2 is 1.90 bits per heavy atom. The predicted molar refractivity (Wildman–Crippen MR) is 68.4 cm³/mol. The highest BCUT2D eigenvalue weighted by atomic mass is 19.4. The molecule has 1 aliphatic rings. The van der Waals surface area contributed by atoms with Crippen molar-refractivity contribution in [1.82, 2.24) is 0 Å². The molecule has 0 heterocycles. The third-order valence-electron chi connectivity index (χ3n) is 3.93. The number of carbonyl (C=O) groups excluding carboxylic acids is 1. The molecule has 4 nitrogen and oxygen atoms in total. The topological polar surface area (TPSA) is 63.6 Å². The summed E-state index contributed by atoms with van der Waals surface area (Å²) < 4.78 is 44.9. The Labute approximate surface area is 121 Å². The highest BCUT2D eigenvalue weighted by Crippen LogP contribution is 2.49. The van der Waals surface area contributed by atoms with E-state index in [-0.39, 0.29) is 12.8 Å². The van der Waals surface area contributed by atoms with Gasteiger partial charge >= 0.3 is 18.1 Å². The van der Waals surface area contributed by atoms with Crippen LogP contribution in [0.1, 0.15) is 39.5 Å². The largest absolute Gasteiger partial charge is 0.478 e. The molecule has 21 heavy (non-hydrogen) atoms. The van der Waals surface area contributed by atoms with Crippen molar-refractivity contribution in [1.29, 1.82) is 0 Å². The van der Waals surface area contributed by atoms with Crippen LogP contribution in [0.3, 0.4) is 0 Å². The number of hydrogen-bond acceptors (Lipinski definition) is 3. The molecule has 1 N–H and O–H groups in total. The average molecular weight is 308 g/mol. The van der Waals surface area contributed by atoms with Crippen molar-refractivity contribution >= 4 is 11.9 Å². The van der Waals surface area contributed by atoms with Gasteiger partial charge in [0.05, 0.1) is 5.92 Å². The molecule has 1 fully saturated rings. The molecule has 2 atom stereocenters. The minimum Gasteiger partial charge on any atom is -0.478 e. The van der Waals surface area contributed by atoms with E-state index in [0.29, 0.717) is 25.0 Å². The second kappa shape index (κ2) is 6.49. The summed E-state index contributed by atoms with van der Waals surface area (Å²) in [7, 11) is 0. The number of halogens is 3. The molecule has 0 aliphatic heterocycles. The van der Waals surface area contributed by atoms with E-state index in [4.69, 9.17) is 9.84 Å². The van der Waals surface area contributed by atoms with Crippen LogP contribution in [0.5, 0.6) is 0 Å². The number of carboxylic acids is 1. The first-order valence-electron chi connectivity index (χ1n) is 6.80. The van der Waals surface area contributed by atoms with Crippen LogP contribution >= 0.6 is 0 Å². The second-order valence-corrected chi connectivity index (χ2v) is 5.54. The molecule has 0 spiro atoms. The Kier molecular flexibility index (Phi) is 5.42. The molecule has 1 aliphatic carbocycles. The highest BCUT2D eigenvalue weighted by molar-refractivity contribution is 5.90. The summed E-state index contributed by atoms with van der Waals surface area (Å²) >= 11 is 0. The number of alkyl halides is 3. The molecular weight excluding hydrogens is 289 g/mol. The molecule has 0 amide bonds. The van der Waals surface area contributed by atoms with Crippen molar-refractivity contribution < 1.29 is 32.6 Å². The lowest BCUT2D eigenvalue weighted by atomic mass is 9.69. The average Bonchev–Trinajstić information content (AvgIpc) is 2.35. The quantitative estimate of drug-likeness (QED) is 0.639. The van der Waals surface area contributed by atoms with E-state index in [1.165, 1.54) is 0 Å². The lowest BCUT2D eigenvalue weighted by molar-refractivity contribution is -0.254. The summed E-state index contributed by atoms with van der Waals surface area (Å²) in [6.45, 7) is 3.16. The number of hydrogen-bond donors (Lipinski definition) is 1. The minimum atomic E-state index is -4.46. The van der Waals surface area contributed by atoms with Crippen molar-refractivity contribution in [2.75, 3.05) is 0 Å². The van der Waals surface area contributed by atoms with Crippen molar-refractivity contribution in [3.05, 3.63) is 12.2 Å². The lowest BCUT2D eigenvalue weighted by Crippen LogP contribution is -2.54. The number of carboxylic acid groups (broad SMARTS) is 1. The van der Waals surface area contributed by atoms with Crippen LogP contribution in [0.25, 0.3) is 0 Å². The van der Waals surface area contributed by atoms with Crippen LogP contribution in [-0.2, 0) is 14.3 Å². The van der Waals surface area contributed by atoms with Crippen LogP contribution in [0, 0.1) is 11.8 Å². The number of esters is 1. The standard InChI is InChI=1S/C14H19F3O4/c1-9(2)13(21-12(20)7-6-11(18)19)8-4-3-5-10(13)14(15,16)17/h6-7,9-10H,3-5,8H2,1-2H3,(H,18,19)/b7-6+. The SMILES string of the molecule is CC(C)C1(OC(=O)/C=C/C(=O)O)CCCCC1C(F)(F)F. The highest BCUT2D eigenvalue weighted by Gasteiger charge is 2.58. The van der Waals surface area contributed by atoms with Gasteiger partial charge in [-0.15, -0.1) is 0 Å². The predicted octanol–water partition coefficient (Wildman–Crippen LogP) is 3.32. The van der Waals surface area contributed by atoms with Gasteiger partial charge in [-0.3, -0.25) is 0 Å². The molecule has 0 aromatic heterocycles. The molecule has 0 aromatic rings. The van der Waals surface area contributed by atoms with Gasteiger partial charge in [0.25, 0.3) is 0 Å². The van der Waals surface area contributed by atoms with Crippen LogP contribution < -0.4 is 0 Å². The maximum absolute atomic E-state index is 13.3. The fourth-order valence-corrected chi connectivity index (χ4v) is 2.90. The first-order valence-corrected chi connectivity index (χ1v) is 6.80. The molecule has 2 unspecified atom stereocenters. The van der Waals surface area contributed by atoms with E-state index in [9.17, 15) is 22.8 Å². The van der Waals surface area contributed by atoms with E-state index in [0.717, 1.165) is 0 Å². The zero-order valence-corrected chi connectivity index (χ0v) is 11.9. The minimum absolute atomic E-state index is 0.0857. The fourth-order valence-electron chi connectivity index (χ4n) is 2.90. The van der Waals surface area contributed by atoms with Gasteiger partial charge in [0.2, 0.25) is 0 Å². The summed E-state index contributed by atoms with van der Waals surface area (Å²) in [5.74, 6) is -4.66. The van der Waals surface area contributed by atoms with Gasteiger partial charge in [-0.2, -0.15) is 13.2 Å². The van der Waals surface area contributed by atoms with Crippen molar-refractivity contribution in [3.63, 3.8) is 0 Å². The fraction of sp³-hybridized carbons (Fsp3) is 0.714. The summed E-state index contributed by atoms with van der Waals surface area (Å²) in [6.07, 6.45) is -2.24. The third-order valence-corrected chi connectivity index (χ3v) is 3.93. The van der Waals surface area contributed by atoms with Gasteiger partial charge in [-0.25, -0.2) is 9.59 Å². The molecule has 120 valence electrons. The number of ether oxygens (including phenoxy) is 1. The van der Waals surface area contributed by atoms with Crippen molar-refractivity contribution in [2.45, 2.75) is 51.3 Å². The van der Waals surface area contributed by atoms with E-state index in [1.807, 2.05) is 0 Å². The molecular formula is C14H19F3O4. The van der Waals surface area contributed by atoms with E-state index >= 15 is 0 Å². The Hall–Kier alpha value is -1.53. The number of carbonyl (C=O) groups is 2. The van der Waals surface area contributed by atoms with E-state index in [1.54, 1.807) is 13.8 Å². The Morgan fingerprint density at radius 1 is 1.29 bits per heavy atom. The van der Waals surface area contributed by atoms with Gasteiger partial charge in [-0.05, 0) is 25.2 Å². The zero-order chi connectivity index (χ0) is 16.3. The Bertz CT molecular complexity index is 428. The van der Waals surface area contributed by atoms with E-state index < -0.39 is 35.6 Å². The number of aliphatic carboxylic acids is 1. The number of rotatable bonds is 4. The van der Waals surface area contributed by atoms with Gasteiger partial charge in [0.1, 0.15) is 5.60 Å². The third kappa shape index (κ3) is 4.22. The molecule has 0 radical (unpaired) electrons. The maximum Gasteiger partial charge on any atom is 0.395 e. The monoisotopic (exact) mass is 308 g/mol. The first kappa shape index (κ1) is 17.5. The lowest BCUT2D eigenvalue weighted by Gasteiger charge is -2.46. The van der Waals surface area contributed by atoms with Gasteiger partial charge in [0, 0.05) is 12.2 Å². The summed E-state index contributed by atoms with van der Waals surface area (Å²) in [6, 6.07) is 0. The van der Waals surface area contributed by atoms with Crippen molar-refractivity contribution in [2.24, 2.45) is 11.8 Å². The molecule has 7 heteroatoms. The van der Waals surface area contributed by atoms with Gasteiger partial charge < -0.3 is 9.84 Å². The molecule has 1 saturated carbocycles. The maximum atomic E-state index is 13.3. The summed E-state index contributed by atoms with van der Waals surface area (Å²) in [4.78, 5) is 22.0. The van der Waals surface area contributed by atoms with Crippen LogP contribution in [0.4, 0.5) is 13.2 Å². The van der Waals surface area contributed by atoms with Crippen LogP contribution in [-0.4, -0.2) is 28.8 Å². The van der Waals surface area contributed by atoms with Crippen LogP contribution in [0.2, 0.25) is 0 Å². The first-order chi connectivity index (χ1) is 9.59. The van der Waals surface area contributed by atoms with E-state index in [2.05, 4.69) is 0 Å². The smallest absolute Gasteiger partial charge is 0.395 e. The summed E-state index contributed by atoms with van der Waals surface area (Å²) in [5.41, 5.74) is -1.63. The Morgan fingerprint density at radius 3 is 2.38 bits per heavy atom. The van der Waals surface area contributed by atoms with Gasteiger partial charge in [0.15, 0.2) is 0 Å². The molecule has 0 aromatic carbocycles. The van der Waals surface area contributed by atoms with Crippen LogP contribution in [0.15, 0.2) is 12.2 Å². The van der Waals surface area contributed by atoms with Crippen molar-refractivity contribution in [3.8, 4) is 0 Å². The second-order valence-electron chi connectivity index (χ2n) is 5.54. The Balaban J connectivity index is 3.05.